The molecule has 6 heteroatoms. The van der Waals surface area contributed by atoms with E-state index >= 15 is 0 Å². The lowest BCUT2D eigenvalue weighted by molar-refractivity contribution is -0.141. The number of rotatable bonds is 5. The van der Waals surface area contributed by atoms with Crippen molar-refractivity contribution in [3.8, 4) is 12.3 Å². The summed E-state index contributed by atoms with van der Waals surface area (Å²) in [6.07, 6.45) is 6.42. The molecule has 1 saturated heterocycles. The Bertz CT molecular complexity index is 694. The highest BCUT2D eigenvalue weighted by atomic mass is 79.9. The fourth-order valence-corrected chi connectivity index (χ4v) is 3.56. The number of methoxy groups -OCH3 is 1. The van der Waals surface area contributed by atoms with Crippen LogP contribution >= 0.6 is 15.9 Å². The third-order valence-corrected chi connectivity index (χ3v) is 5.04. The van der Waals surface area contributed by atoms with Crippen molar-refractivity contribution in [1.82, 2.24) is 9.80 Å². The van der Waals surface area contributed by atoms with Gasteiger partial charge in [0.25, 0.3) is 11.8 Å². The summed E-state index contributed by atoms with van der Waals surface area (Å²) in [6.45, 7) is 3.08. The summed E-state index contributed by atoms with van der Waals surface area (Å²) < 4.78 is 6.00. The Kier molecular flexibility index (Phi) is 6.63. The minimum absolute atomic E-state index is 0.00887. The van der Waals surface area contributed by atoms with Gasteiger partial charge < -0.3 is 14.5 Å². The number of hydrogen-bond acceptors (Lipinski definition) is 3. The van der Waals surface area contributed by atoms with E-state index in [1.807, 2.05) is 6.92 Å². The van der Waals surface area contributed by atoms with E-state index in [2.05, 4.69) is 21.9 Å². The topological polar surface area (TPSA) is 49.9 Å². The summed E-state index contributed by atoms with van der Waals surface area (Å²) in [4.78, 5) is 28.7. The van der Waals surface area contributed by atoms with Crippen molar-refractivity contribution in [3.63, 3.8) is 0 Å². The van der Waals surface area contributed by atoms with Crippen molar-refractivity contribution >= 4 is 27.7 Å². The van der Waals surface area contributed by atoms with E-state index in [-0.39, 0.29) is 17.9 Å². The highest BCUT2D eigenvalue weighted by Crippen LogP contribution is 2.21. The number of amides is 2. The number of ether oxygens (including phenoxy) is 1. The van der Waals surface area contributed by atoms with Gasteiger partial charge in [0.15, 0.2) is 0 Å². The Morgan fingerprint density at radius 2 is 2.20 bits per heavy atom. The molecule has 0 bridgehead atoms. The van der Waals surface area contributed by atoms with Crippen LogP contribution in [0.3, 0.4) is 0 Å². The first-order valence-corrected chi connectivity index (χ1v) is 9.06. The van der Waals surface area contributed by atoms with Gasteiger partial charge in [-0.05, 0) is 31.0 Å². The zero-order valence-electron chi connectivity index (χ0n) is 14.8. The molecule has 1 aliphatic rings. The van der Waals surface area contributed by atoms with Gasteiger partial charge in [0.05, 0.1) is 6.04 Å². The van der Waals surface area contributed by atoms with Gasteiger partial charge in [0.2, 0.25) is 0 Å². The fraction of sp³-hybridized carbons (Fsp3) is 0.474. The molecule has 1 aliphatic heterocycles. The number of halogens is 1. The molecule has 0 aliphatic carbocycles. The normalized spacial score (nSPS) is 17.9. The number of terminal acetylenes is 1. The molecule has 0 N–H and O–H groups in total. The largest absolute Gasteiger partial charge is 0.372 e. The second-order valence-electron chi connectivity index (χ2n) is 6.15. The molecule has 5 nitrogen and oxygen atoms in total. The second-order valence-corrected chi connectivity index (χ2v) is 7.06. The van der Waals surface area contributed by atoms with Crippen LogP contribution in [0.25, 0.3) is 0 Å². The molecule has 0 radical (unpaired) electrons. The van der Waals surface area contributed by atoms with E-state index in [9.17, 15) is 9.59 Å². The summed E-state index contributed by atoms with van der Waals surface area (Å²) in [7, 11) is 3.32. The van der Waals surface area contributed by atoms with Crippen molar-refractivity contribution in [2.75, 3.05) is 27.2 Å². The van der Waals surface area contributed by atoms with Crippen molar-refractivity contribution in [3.05, 3.63) is 33.8 Å². The molecular formula is C19H23BrN2O3. The van der Waals surface area contributed by atoms with E-state index in [0.717, 1.165) is 10.9 Å². The standard InChI is InChI=1S/C19H23BrN2O3/c1-5-13-9-14(11-15(20)10-13)18(23)21(3)16-7-8-22(12-16)19(24)17(6-2)25-4/h1,9-11,16-17H,6-8,12H2,2-4H3. The Balaban J connectivity index is 2.08. The summed E-state index contributed by atoms with van der Waals surface area (Å²) >= 11 is 3.38. The molecule has 2 rings (SSSR count). The third kappa shape index (κ3) is 4.42. The average molecular weight is 407 g/mol. The molecule has 1 fully saturated rings. The first-order chi connectivity index (χ1) is 11.9. The van der Waals surface area contributed by atoms with Gasteiger partial charge in [0.1, 0.15) is 6.10 Å². The van der Waals surface area contributed by atoms with Gasteiger partial charge in [0, 0.05) is 42.8 Å². The van der Waals surface area contributed by atoms with E-state index in [0.29, 0.717) is 30.6 Å². The molecule has 0 saturated carbocycles. The Labute approximate surface area is 157 Å². The van der Waals surface area contributed by atoms with Crippen LogP contribution < -0.4 is 0 Å². The number of likely N-dealkylation sites (N-methyl/N-ethyl adjacent to an activating group) is 1. The van der Waals surface area contributed by atoms with E-state index in [1.54, 1.807) is 42.2 Å². The molecular weight excluding hydrogens is 384 g/mol. The second kappa shape index (κ2) is 8.50. The highest BCUT2D eigenvalue weighted by Gasteiger charge is 2.33. The summed E-state index contributed by atoms with van der Waals surface area (Å²) in [5.41, 5.74) is 1.19. The number of carbonyl (C=O) groups is 2. The molecule has 2 atom stereocenters. The zero-order valence-corrected chi connectivity index (χ0v) is 16.4. The first kappa shape index (κ1) is 19.5. The number of benzene rings is 1. The van der Waals surface area contributed by atoms with Gasteiger partial charge >= 0.3 is 0 Å². The number of carbonyl (C=O) groups excluding carboxylic acids is 2. The number of hydrogen-bond donors (Lipinski definition) is 0. The maximum atomic E-state index is 12.8. The first-order valence-electron chi connectivity index (χ1n) is 8.27. The van der Waals surface area contributed by atoms with Crippen molar-refractivity contribution in [1.29, 1.82) is 0 Å². The van der Waals surface area contributed by atoms with E-state index in [1.165, 1.54) is 0 Å². The van der Waals surface area contributed by atoms with Crippen LogP contribution in [0.5, 0.6) is 0 Å². The molecule has 0 spiro atoms. The molecule has 2 unspecified atom stereocenters. The predicted octanol–water partition coefficient (Wildman–Crippen LogP) is 2.53. The number of likely N-dealkylation sites (tertiary alicyclic amines) is 1. The summed E-state index contributed by atoms with van der Waals surface area (Å²) in [6, 6.07) is 5.25. The Morgan fingerprint density at radius 1 is 1.48 bits per heavy atom. The van der Waals surface area contributed by atoms with E-state index in [4.69, 9.17) is 11.2 Å². The van der Waals surface area contributed by atoms with Gasteiger partial charge in [-0.3, -0.25) is 9.59 Å². The van der Waals surface area contributed by atoms with Crippen LogP contribution in [0.15, 0.2) is 22.7 Å². The van der Waals surface area contributed by atoms with Gasteiger partial charge in [-0.15, -0.1) is 6.42 Å². The molecule has 1 heterocycles. The highest BCUT2D eigenvalue weighted by molar-refractivity contribution is 9.10. The van der Waals surface area contributed by atoms with Gasteiger partial charge in [-0.2, -0.15) is 0 Å². The molecule has 2 amide bonds. The van der Waals surface area contributed by atoms with Crippen LogP contribution in [0.4, 0.5) is 0 Å². The average Bonchev–Trinajstić information content (AvgIpc) is 3.10. The summed E-state index contributed by atoms with van der Waals surface area (Å²) in [5, 5.41) is 0. The Morgan fingerprint density at radius 3 is 2.80 bits per heavy atom. The molecule has 0 aromatic heterocycles. The van der Waals surface area contributed by atoms with Crippen molar-refractivity contribution in [2.45, 2.75) is 31.9 Å². The molecule has 134 valence electrons. The minimum Gasteiger partial charge on any atom is -0.372 e. The summed E-state index contributed by atoms with van der Waals surface area (Å²) in [5.74, 6) is 2.44. The molecule has 1 aromatic carbocycles. The molecule has 1 aromatic rings. The third-order valence-electron chi connectivity index (χ3n) is 4.59. The lowest BCUT2D eigenvalue weighted by Crippen LogP contribution is -2.42. The lowest BCUT2D eigenvalue weighted by Gasteiger charge is -2.26. The quantitative estimate of drug-likeness (QED) is 0.705. The van der Waals surface area contributed by atoms with Crippen molar-refractivity contribution in [2.24, 2.45) is 0 Å². The van der Waals surface area contributed by atoms with E-state index < -0.39 is 6.10 Å². The van der Waals surface area contributed by atoms with Crippen LogP contribution in [0, 0.1) is 12.3 Å². The lowest BCUT2D eigenvalue weighted by atomic mass is 10.1. The Hall–Kier alpha value is -1.84. The monoisotopic (exact) mass is 406 g/mol. The van der Waals surface area contributed by atoms with Gasteiger partial charge in [-0.1, -0.05) is 28.8 Å². The van der Waals surface area contributed by atoms with Crippen LogP contribution in [-0.4, -0.2) is 61.0 Å². The van der Waals surface area contributed by atoms with Crippen LogP contribution in [0.2, 0.25) is 0 Å². The van der Waals surface area contributed by atoms with Crippen LogP contribution in [-0.2, 0) is 9.53 Å². The minimum atomic E-state index is -0.414. The zero-order chi connectivity index (χ0) is 18.6. The van der Waals surface area contributed by atoms with Crippen LogP contribution in [0.1, 0.15) is 35.7 Å². The van der Waals surface area contributed by atoms with Crippen molar-refractivity contribution < 1.29 is 14.3 Å². The smallest absolute Gasteiger partial charge is 0.253 e. The molecule has 25 heavy (non-hydrogen) atoms. The fourth-order valence-electron chi connectivity index (χ4n) is 3.07. The number of nitrogens with zero attached hydrogens (tertiary/aromatic N) is 2. The maximum Gasteiger partial charge on any atom is 0.253 e. The SMILES string of the molecule is C#Cc1cc(Br)cc(C(=O)N(C)C2CCN(C(=O)C(CC)OC)C2)c1. The van der Waals surface area contributed by atoms with Gasteiger partial charge in [-0.25, -0.2) is 0 Å². The predicted molar refractivity (Wildman–Crippen MR) is 100 cm³/mol. The maximum absolute atomic E-state index is 12.8.